The molecule has 0 amide bonds. The number of anilines is 1. The summed E-state index contributed by atoms with van der Waals surface area (Å²) < 4.78 is 1.69. The molecule has 1 aromatic carbocycles. The average Bonchev–Trinajstić information content (AvgIpc) is 3.31. The molecular weight excluding hydrogens is 372 g/mol. The molecule has 29 heavy (non-hydrogen) atoms. The fraction of sp³-hybridized carbons (Fsp3) is 0.176. The molecule has 12 heteroatoms. The Hall–Kier alpha value is -3.26. The summed E-state index contributed by atoms with van der Waals surface area (Å²) in [6.45, 7) is 0. The van der Waals surface area contributed by atoms with E-state index in [1.807, 2.05) is 30.5 Å². The average molecular weight is 396 g/mol. The van der Waals surface area contributed by atoms with Gasteiger partial charge in [0.25, 0.3) is 0 Å². The smallest absolute Gasteiger partial charge is 0.228 e. The molecule has 0 spiro atoms. The minimum Gasteiger partial charge on any atom is -0.361 e. The molecule has 3 aromatic heterocycles. The van der Waals surface area contributed by atoms with Gasteiger partial charge in [-0.25, -0.2) is 0 Å². The molecule has 0 atom stereocenters. The van der Waals surface area contributed by atoms with Gasteiger partial charge in [0.2, 0.25) is 5.95 Å². The van der Waals surface area contributed by atoms with Crippen LogP contribution in [-0.2, 0) is 12.8 Å². The molecule has 3 heterocycles. The van der Waals surface area contributed by atoms with Crippen molar-refractivity contribution in [1.29, 1.82) is 0 Å². The van der Waals surface area contributed by atoms with E-state index in [-0.39, 0.29) is 0 Å². The van der Waals surface area contributed by atoms with Gasteiger partial charge in [0.05, 0.1) is 5.69 Å². The quantitative estimate of drug-likeness (QED) is 0.185. The SMILES string of the molecule is Cn1c(NC(N)(N)N)nnc1-c1[nH]c2cc(C(N)(N)N)ccc2c1-c1ccc[nH]1. The Morgan fingerprint density at radius 1 is 1.03 bits per heavy atom. The fourth-order valence-corrected chi connectivity index (χ4v) is 3.25. The molecule has 0 aliphatic rings. The van der Waals surface area contributed by atoms with Gasteiger partial charge in [0.1, 0.15) is 5.79 Å². The number of benzene rings is 1. The maximum Gasteiger partial charge on any atom is 0.228 e. The third kappa shape index (κ3) is 3.47. The Bertz CT molecular complexity index is 1150. The number of rotatable bonds is 5. The number of nitrogens with one attached hydrogen (secondary N) is 3. The van der Waals surface area contributed by atoms with Crippen LogP contribution in [0.4, 0.5) is 5.95 Å². The highest BCUT2D eigenvalue weighted by Gasteiger charge is 2.24. The highest BCUT2D eigenvalue weighted by Crippen LogP contribution is 2.37. The second kappa shape index (κ2) is 6.38. The second-order valence-corrected chi connectivity index (χ2v) is 7.12. The Kier molecular flexibility index (Phi) is 4.20. The highest BCUT2D eigenvalue weighted by atomic mass is 15.4. The van der Waals surface area contributed by atoms with E-state index in [9.17, 15) is 0 Å². The Morgan fingerprint density at radius 3 is 2.41 bits per heavy atom. The van der Waals surface area contributed by atoms with Gasteiger partial charge in [-0.15, -0.1) is 10.2 Å². The summed E-state index contributed by atoms with van der Waals surface area (Å²) in [4.78, 5) is 6.59. The van der Waals surface area contributed by atoms with E-state index >= 15 is 0 Å². The van der Waals surface area contributed by atoms with Crippen LogP contribution in [0.1, 0.15) is 5.56 Å². The molecule has 4 rings (SSSR count). The van der Waals surface area contributed by atoms with Crippen LogP contribution < -0.4 is 39.7 Å². The first kappa shape index (κ1) is 19.1. The van der Waals surface area contributed by atoms with Crippen molar-refractivity contribution in [1.82, 2.24) is 24.7 Å². The molecule has 12 nitrogen and oxygen atoms in total. The second-order valence-electron chi connectivity index (χ2n) is 7.12. The summed E-state index contributed by atoms with van der Waals surface area (Å²) >= 11 is 0. The molecule has 0 radical (unpaired) electrons. The number of nitrogens with two attached hydrogens (primary N) is 6. The summed E-state index contributed by atoms with van der Waals surface area (Å²) in [6.07, 6.45) is 1.84. The molecule has 15 N–H and O–H groups in total. The Morgan fingerprint density at radius 2 is 1.79 bits per heavy atom. The van der Waals surface area contributed by atoms with Gasteiger partial charge >= 0.3 is 0 Å². The number of aromatic amines is 2. The Labute approximate surface area is 165 Å². The number of hydrogen-bond acceptors (Lipinski definition) is 9. The van der Waals surface area contributed by atoms with Gasteiger partial charge < -0.3 is 15.3 Å². The molecule has 0 bridgehead atoms. The first-order valence-electron chi connectivity index (χ1n) is 8.76. The van der Waals surface area contributed by atoms with Crippen molar-refractivity contribution in [2.45, 2.75) is 11.7 Å². The number of H-pyrrole nitrogens is 2. The van der Waals surface area contributed by atoms with Crippen molar-refractivity contribution in [2.24, 2.45) is 41.4 Å². The van der Waals surface area contributed by atoms with Crippen LogP contribution in [0.5, 0.6) is 0 Å². The number of aromatic nitrogens is 5. The zero-order valence-electron chi connectivity index (χ0n) is 15.8. The fourth-order valence-electron chi connectivity index (χ4n) is 3.25. The summed E-state index contributed by atoms with van der Waals surface area (Å²) in [6, 6.07) is 9.38. The zero-order valence-corrected chi connectivity index (χ0v) is 15.8. The van der Waals surface area contributed by atoms with Crippen LogP contribution in [-0.4, -0.2) is 30.6 Å². The molecule has 152 valence electrons. The van der Waals surface area contributed by atoms with E-state index in [0.717, 1.165) is 27.9 Å². The predicted molar refractivity (Wildman–Crippen MR) is 111 cm³/mol. The number of hydrogen-bond donors (Lipinski definition) is 9. The maximum absolute atomic E-state index is 5.85. The van der Waals surface area contributed by atoms with Crippen LogP contribution in [0.3, 0.4) is 0 Å². The van der Waals surface area contributed by atoms with E-state index < -0.39 is 11.7 Å². The van der Waals surface area contributed by atoms with Crippen LogP contribution in [0, 0.1) is 0 Å². The third-order valence-electron chi connectivity index (χ3n) is 4.59. The highest BCUT2D eigenvalue weighted by molar-refractivity contribution is 6.02. The van der Waals surface area contributed by atoms with Crippen molar-refractivity contribution >= 4 is 16.9 Å². The summed E-state index contributed by atoms with van der Waals surface area (Å²) in [5, 5.41) is 12.0. The first-order chi connectivity index (χ1) is 13.5. The molecule has 0 fully saturated rings. The molecule has 4 aromatic rings. The van der Waals surface area contributed by atoms with Gasteiger partial charge in [-0.3, -0.25) is 39.0 Å². The summed E-state index contributed by atoms with van der Waals surface area (Å²) in [7, 11) is 1.77. The van der Waals surface area contributed by atoms with Gasteiger partial charge in [-0.2, -0.15) is 0 Å². The van der Waals surface area contributed by atoms with Crippen molar-refractivity contribution in [3.05, 3.63) is 42.1 Å². The molecule has 0 aliphatic carbocycles. The molecular formula is C17H24N12. The van der Waals surface area contributed by atoms with E-state index in [0.29, 0.717) is 17.3 Å². The third-order valence-corrected chi connectivity index (χ3v) is 4.59. The minimum atomic E-state index is -1.64. The van der Waals surface area contributed by atoms with E-state index in [4.69, 9.17) is 34.4 Å². The molecule has 0 saturated heterocycles. The van der Waals surface area contributed by atoms with Gasteiger partial charge in [-0.05, 0) is 18.2 Å². The largest absolute Gasteiger partial charge is 0.361 e. The minimum absolute atomic E-state index is 0.314. The van der Waals surface area contributed by atoms with Crippen LogP contribution in [0.25, 0.3) is 33.7 Å². The lowest BCUT2D eigenvalue weighted by Crippen LogP contribution is -2.64. The lowest BCUT2D eigenvalue weighted by atomic mass is 10.0. The van der Waals surface area contributed by atoms with Crippen molar-refractivity contribution in [3.8, 4) is 22.8 Å². The predicted octanol–water partition coefficient (Wildman–Crippen LogP) is -1.16. The van der Waals surface area contributed by atoms with E-state index in [1.165, 1.54) is 0 Å². The van der Waals surface area contributed by atoms with Gasteiger partial charge in [0, 0.05) is 41.0 Å². The molecule has 0 aliphatic heterocycles. The van der Waals surface area contributed by atoms with Crippen LogP contribution in [0.15, 0.2) is 36.5 Å². The standard InChI is InChI=1S/C17H24N12/c1-29-14(27-28-15(29)26-17(21,22)23)13-12(10-3-2-6-24-10)9-5-4-8(16(18,19)20)7-11(9)25-13/h2-7,24-25H,18-23H2,1H3,(H,26,28). The lowest BCUT2D eigenvalue weighted by molar-refractivity contribution is 0.489. The Balaban J connectivity index is 1.93. The normalized spacial score (nSPS) is 12.7. The molecule has 0 unspecified atom stereocenters. The summed E-state index contributed by atoms with van der Waals surface area (Å²) in [5.41, 5.74) is 38.3. The maximum atomic E-state index is 5.85. The van der Waals surface area contributed by atoms with E-state index in [1.54, 1.807) is 17.7 Å². The topological polar surface area (TPSA) is 230 Å². The van der Waals surface area contributed by atoms with Crippen LogP contribution in [0.2, 0.25) is 0 Å². The van der Waals surface area contributed by atoms with Crippen molar-refractivity contribution in [3.63, 3.8) is 0 Å². The van der Waals surface area contributed by atoms with Crippen molar-refractivity contribution in [2.75, 3.05) is 5.32 Å². The lowest BCUT2D eigenvalue weighted by Gasteiger charge is -2.20. The summed E-state index contributed by atoms with van der Waals surface area (Å²) in [5.74, 6) is -2.24. The van der Waals surface area contributed by atoms with Gasteiger partial charge in [0.15, 0.2) is 11.7 Å². The van der Waals surface area contributed by atoms with Gasteiger partial charge in [-0.1, -0.05) is 12.1 Å². The van der Waals surface area contributed by atoms with Crippen molar-refractivity contribution < 1.29 is 0 Å². The van der Waals surface area contributed by atoms with Crippen LogP contribution >= 0.6 is 0 Å². The molecule has 0 saturated carbocycles. The monoisotopic (exact) mass is 396 g/mol. The zero-order chi connectivity index (χ0) is 21.0. The first-order valence-corrected chi connectivity index (χ1v) is 8.76. The number of nitrogens with zero attached hydrogens (tertiary/aromatic N) is 3. The number of fused-ring (bicyclic) bond motifs is 1. The van der Waals surface area contributed by atoms with E-state index in [2.05, 4.69) is 25.5 Å².